The molecular weight excluding hydrogens is 234 g/mol. The maximum atomic E-state index is 3.64. The van der Waals surface area contributed by atoms with E-state index in [1.165, 1.54) is 65.0 Å². The Bertz CT molecular complexity index is 284. The minimum Gasteiger partial charge on any atom is -0.314 e. The molecule has 2 unspecified atom stereocenters. The van der Waals surface area contributed by atoms with E-state index < -0.39 is 0 Å². The number of hydrogen-bond donors (Lipinski definition) is 1. The zero-order valence-electron chi connectivity index (χ0n) is 12.8. The van der Waals surface area contributed by atoms with Gasteiger partial charge in [0, 0.05) is 25.2 Å². The van der Waals surface area contributed by atoms with E-state index >= 15 is 0 Å². The zero-order valence-corrected chi connectivity index (χ0v) is 12.8. The van der Waals surface area contributed by atoms with Gasteiger partial charge >= 0.3 is 0 Å². The van der Waals surface area contributed by atoms with Crippen LogP contribution in [0, 0.1) is 11.8 Å². The fourth-order valence-corrected chi connectivity index (χ4v) is 4.31. The fraction of sp³-hybridized carbons (Fsp3) is 1.00. The molecule has 0 spiro atoms. The zero-order chi connectivity index (χ0) is 13.2. The minimum atomic E-state index is 0.632. The van der Waals surface area contributed by atoms with Gasteiger partial charge in [-0.15, -0.1) is 0 Å². The van der Waals surface area contributed by atoms with Crippen LogP contribution in [-0.2, 0) is 0 Å². The normalized spacial score (nSPS) is 39.9. The monoisotopic (exact) mass is 265 g/mol. The van der Waals surface area contributed by atoms with E-state index in [4.69, 9.17) is 0 Å². The molecular formula is C16H31N3. The van der Waals surface area contributed by atoms with Crippen molar-refractivity contribution in [3.05, 3.63) is 0 Å². The third-order valence-electron chi connectivity index (χ3n) is 5.46. The van der Waals surface area contributed by atoms with Crippen LogP contribution in [-0.4, -0.2) is 61.2 Å². The highest BCUT2D eigenvalue weighted by Crippen LogP contribution is 2.33. The first-order valence-electron chi connectivity index (χ1n) is 8.42. The molecule has 2 bridgehead atoms. The first-order valence-corrected chi connectivity index (χ1v) is 8.42. The third-order valence-corrected chi connectivity index (χ3v) is 5.46. The Morgan fingerprint density at radius 2 is 1.84 bits per heavy atom. The van der Waals surface area contributed by atoms with E-state index in [0.717, 1.165) is 17.9 Å². The molecule has 110 valence electrons. The van der Waals surface area contributed by atoms with Gasteiger partial charge < -0.3 is 10.2 Å². The first-order chi connectivity index (χ1) is 9.22. The molecule has 0 saturated carbocycles. The molecule has 4 heterocycles. The van der Waals surface area contributed by atoms with E-state index in [-0.39, 0.29) is 0 Å². The fourth-order valence-electron chi connectivity index (χ4n) is 4.31. The molecule has 4 aliphatic heterocycles. The molecule has 0 aromatic heterocycles. The Hall–Kier alpha value is -0.120. The van der Waals surface area contributed by atoms with Crippen molar-refractivity contribution in [1.82, 2.24) is 15.1 Å². The summed E-state index contributed by atoms with van der Waals surface area (Å²) in [6, 6.07) is 1.51. The van der Waals surface area contributed by atoms with Gasteiger partial charge in [-0.2, -0.15) is 0 Å². The number of hydrogen-bond acceptors (Lipinski definition) is 3. The summed E-state index contributed by atoms with van der Waals surface area (Å²) in [5, 5.41) is 3.64. The lowest BCUT2D eigenvalue weighted by Crippen LogP contribution is -2.59. The van der Waals surface area contributed by atoms with Crippen molar-refractivity contribution in [2.45, 2.75) is 51.6 Å². The van der Waals surface area contributed by atoms with Gasteiger partial charge in [0.05, 0.1) is 0 Å². The summed E-state index contributed by atoms with van der Waals surface area (Å²) in [5.41, 5.74) is 0. The number of piperidine rings is 4. The standard InChI is InChI=1S/C16H31N3/c1-13(2)17-10-14-4-3-7-19(11-14)16-12-18-8-5-15(16)6-9-18/h13-17H,3-12H2,1-2H3. The van der Waals surface area contributed by atoms with Crippen LogP contribution in [0.4, 0.5) is 0 Å². The second kappa shape index (κ2) is 6.11. The number of nitrogens with one attached hydrogen (secondary N) is 1. The number of fused-ring (bicyclic) bond motifs is 3. The maximum Gasteiger partial charge on any atom is 0.0252 e. The topological polar surface area (TPSA) is 18.5 Å². The van der Waals surface area contributed by atoms with Gasteiger partial charge in [0.25, 0.3) is 0 Å². The average Bonchev–Trinajstić information content (AvgIpc) is 2.46. The van der Waals surface area contributed by atoms with Gasteiger partial charge in [0.15, 0.2) is 0 Å². The van der Waals surface area contributed by atoms with E-state index in [1.807, 2.05) is 0 Å². The predicted octanol–water partition coefficient (Wildman–Crippen LogP) is 1.79. The van der Waals surface area contributed by atoms with Crippen LogP contribution < -0.4 is 5.32 Å². The number of rotatable bonds is 4. The number of nitrogens with zero attached hydrogens (tertiary/aromatic N) is 2. The summed E-state index contributed by atoms with van der Waals surface area (Å²) in [6.07, 6.45) is 5.75. The maximum absolute atomic E-state index is 3.64. The third kappa shape index (κ3) is 3.32. The molecule has 0 aliphatic carbocycles. The Labute approximate surface area is 118 Å². The van der Waals surface area contributed by atoms with Crippen molar-refractivity contribution in [2.24, 2.45) is 11.8 Å². The molecule has 2 atom stereocenters. The summed E-state index contributed by atoms with van der Waals surface area (Å²) in [5.74, 6) is 1.88. The summed E-state index contributed by atoms with van der Waals surface area (Å²) < 4.78 is 0. The highest BCUT2D eigenvalue weighted by atomic mass is 15.3. The largest absolute Gasteiger partial charge is 0.314 e. The van der Waals surface area contributed by atoms with Gasteiger partial charge in [-0.3, -0.25) is 4.90 Å². The quantitative estimate of drug-likeness (QED) is 0.836. The lowest BCUT2D eigenvalue weighted by Gasteiger charge is -2.51. The van der Waals surface area contributed by atoms with Crippen molar-refractivity contribution >= 4 is 0 Å². The SMILES string of the molecule is CC(C)NCC1CCCN(C2CN3CCC2CC3)C1. The lowest BCUT2D eigenvalue weighted by molar-refractivity contribution is -0.0123. The van der Waals surface area contributed by atoms with Crippen LogP contribution in [0.25, 0.3) is 0 Å². The van der Waals surface area contributed by atoms with Crippen molar-refractivity contribution in [3.8, 4) is 0 Å². The van der Waals surface area contributed by atoms with E-state index in [1.54, 1.807) is 0 Å². The molecule has 4 fully saturated rings. The van der Waals surface area contributed by atoms with E-state index in [0.29, 0.717) is 6.04 Å². The Morgan fingerprint density at radius 1 is 1.05 bits per heavy atom. The molecule has 1 N–H and O–H groups in total. The first kappa shape index (κ1) is 13.8. The minimum absolute atomic E-state index is 0.632. The molecule has 0 radical (unpaired) electrons. The molecule has 19 heavy (non-hydrogen) atoms. The average molecular weight is 265 g/mol. The molecule has 4 rings (SSSR count). The highest BCUT2D eigenvalue weighted by Gasteiger charge is 2.38. The highest BCUT2D eigenvalue weighted by molar-refractivity contribution is 4.94. The van der Waals surface area contributed by atoms with Crippen molar-refractivity contribution < 1.29 is 0 Å². The Balaban J connectivity index is 1.53. The summed E-state index contributed by atoms with van der Waals surface area (Å²) in [4.78, 5) is 5.53. The van der Waals surface area contributed by atoms with Crippen molar-refractivity contribution in [3.63, 3.8) is 0 Å². The van der Waals surface area contributed by atoms with Crippen LogP contribution in [0.2, 0.25) is 0 Å². The van der Waals surface area contributed by atoms with Crippen molar-refractivity contribution in [1.29, 1.82) is 0 Å². The molecule has 0 amide bonds. The predicted molar refractivity (Wildman–Crippen MR) is 80.4 cm³/mol. The van der Waals surface area contributed by atoms with Gasteiger partial charge in [-0.25, -0.2) is 0 Å². The summed E-state index contributed by atoms with van der Waals surface area (Å²) >= 11 is 0. The number of likely N-dealkylation sites (tertiary alicyclic amines) is 1. The van der Waals surface area contributed by atoms with Crippen LogP contribution >= 0.6 is 0 Å². The lowest BCUT2D eigenvalue weighted by atomic mass is 9.81. The van der Waals surface area contributed by atoms with E-state index in [9.17, 15) is 0 Å². The van der Waals surface area contributed by atoms with Crippen molar-refractivity contribution in [2.75, 3.05) is 39.3 Å². The van der Waals surface area contributed by atoms with Crippen LogP contribution in [0.3, 0.4) is 0 Å². The summed E-state index contributed by atoms with van der Waals surface area (Å²) in [6.45, 7) is 12.5. The molecule has 4 saturated heterocycles. The molecule has 0 aromatic rings. The van der Waals surface area contributed by atoms with Gasteiger partial charge in [-0.05, 0) is 63.7 Å². The smallest absolute Gasteiger partial charge is 0.0252 e. The molecule has 3 heteroatoms. The molecule has 0 aromatic carbocycles. The second-order valence-corrected chi connectivity index (χ2v) is 7.27. The van der Waals surface area contributed by atoms with E-state index in [2.05, 4.69) is 29.0 Å². The summed E-state index contributed by atoms with van der Waals surface area (Å²) in [7, 11) is 0. The molecule has 3 nitrogen and oxygen atoms in total. The second-order valence-electron chi connectivity index (χ2n) is 7.27. The van der Waals surface area contributed by atoms with Gasteiger partial charge in [0.1, 0.15) is 0 Å². The van der Waals surface area contributed by atoms with Gasteiger partial charge in [0.2, 0.25) is 0 Å². The Kier molecular flexibility index (Phi) is 4.45. The molecule has 4 aliphatic rings. The van der Waals surface area contributed by atoms with Crippen LogP contribution in [0.5, 0.6) is 0 Å². The van der Waals surface area contributed by atoms with Crippen LogP contribution in [0.15, 0.2) is 0 Å². The van der Waals surface area contributed by atoms with Crippen LogP contribution in [0.1, 0.15) is 39.5 Å². The Morgan fingerprint density at radius 3 is 2.47 bits per heavy atom. The van der Waals surface area contributed by atoms with Gasteiger partial charge in [-0.1, -0.05) is 13.8 Å².